The molecule has 3 heterocycles. The van der Waals surface area contributed by atoms with Gasteiger partial charge in [0.1, 0.15) is 22.3 Å². The van der Waals surface area contributed by atoms with E-state index in [9.17, 15) is 0 Å². The number of furan rings is 2. The summed E-state index contributed by atoms with van der Waals surface area (Å²) in [5.74, 6) is 1.78. The summed E-state index contributed by atoms with van der Waals surface area (Å²) < 4.78 is 12.5. The fourth-order valence-corrected chi connectivity index (χ4v) is 7.59. The van der Waals surface area contributed by atoms with Crippen LogP contribution in [0.15, 0.2) is 173 Å². The number of nitrogens with zero attached hydrogens (tertiary/aromatic N) is 3. The molecule has 0 aliphatic heterocycles. The molecule has 11 aromatic rings. The van der Waals surface area contributed by atoms with Crippen LogP contribution in [0.4, 0.5) is 0 Å². The number of para-hydroxylation sites is 2. The van der Waals surface area contributed by atoms with E-state index in [0.717, 1.165) is 87.7 Å². The molecule has 242 valence electrons. The van der Waals surface area contributed by atoms with Crippen molar-refractivity contribution in [1.82, 2.24) is 15.0 Å². The van der Waals surface area contributed by atoms with E-state index in [0.29, 0.717) is 17.5 Å². The zero-order valence-corrected chi connectivity index (χ0v) is 27.7. The second kappa shape index (κ2) is 11.2. The molecule has 5 heteroatoms. The van der Waals surface area contributed by atoms with Crippen molar-refractivity contribution in [3.63, 3.8) is 0 Å². The molecule has 0 unspecified atom stereocenters. The highest BCUT2D eigenvalue weighted by atomic mass is 16.3. The van der Waals surface area contributed by atoms with Crippen LogP contribution in [-0.4, -0.2) is 15.0 Å². The van der Waals surface area contributed by atoms with Crippen molar-refractivity contribution in [3.8, 4) is 45.3 Å². The van der Waals surface area contributed by atoms with Gasteiger partial charge >= 0.3 is 0 Å². The molecular formula is C47H27N3O2. The van der Waals surface area contributed by atoms with Crippen molar-refractivity contribution < 1.29 is 8.83 Å². The molecule has 52 heavy (non-hydrogen) atoms. The molecule has 8 aromatic carbocycles. The highest BCUT2D eigenvalue weighted by Gasteiger charge is 2.19. The Bertz CT molecular complexity index is 3190. The number of hydrogen-bond acceptors (Lipinski definition) is 5. The summed E-state index contributed by atoms with van der Waals surface area (Å²) in [6.45, 7) is 0. The van der Waals surface area contributed by atoms with Crippen molar-refractivity contribution in [3.05, 3.63) is 164 Å². The molecule has 5 nitrogen and oxygen atoms in total. The summed E-state index contributed by atoms with van der Waals surface area (Å²) in [6.07, 6.45) is 0. The van der Waals surface area contributed by atoms with Crippen LogP contribution in [-0.2, 0) is 0 Å². The van der Waals surface area contributed by atoms with Gasteiger partial charge in [-0.05, 0) is 75.1 Å². The predicted octanol–water partition coefficient (Wildman–Crippen LogP) is 12.6. The molecule has 0 atom stereocenters. The van der Waals surface area contributed by atoms with E-state index >= 15 is 0 Å². The molecule has 0 amide bonds. The van der Waals surface area contributed by atoms with Gasteiger partial charge in [0.05, 0.1) is 0 Å². The van der Waals surface area contributed by atoms with Gasteiger partial charge in [-0.25, -0.2) is 15.0 Å². The van der Waals surface area contributed by atoms with Crippen LogP contribution in [0.25, 0.3) is 111 Å². The number of benzene rings is 8. The molecular weight excluding hydrogens is 639 g/mol. The van der Waals surface area contributed by atoms with Crippen LogP contribution in [0.5, 0.6) is 0 Å². The van der Waals surface area contributed by atoms with E-state index in [1.54, 1.807) is 0 Å². The molecule has 0 fully saturated rings. The standard InChI is InChI=1S/C47H27N3O2/c1-2-10-28(11-3-1)30-22-20-29-21-23-32(25-33(29)24-30)45-48-46(50-47(49-45)37-16-9-19-42-44(37)36-14-5-7-18-41(36)51-42)35-15-8-12-31-26-43-39(27-38(31)35)34-13-4-6-17-40(34)52-43/h1-27H. The van der Waals surface area contributed by atoms with Crippen LogP contribution in [0.2, 0.25) is 0 Å². The largest absolute Gasteiger partial charge is 0.456 e. The van der Waals surface area contributed by atoms with E-state index in [1.165, 1.54) is 5.56 Å². The lowest BCUT2D eigenvalue weighted by Crippen LogP contribution is -2.01. The fourth-order valence-electron chi connectivity index (χ4n) is 7.59. The van der Waals surface area contributed by atoms with Crippen LogP contribution >= 0.6 is 0 Å². The summed E-state index contributed by atoms with van der Waals surface area (Å²) in [4.78, 5) is 15.7. The van der Waals surface area contributed by atoms with Gasteiger partial charge in [-0.15, -0.1) is 0 Å². The summed E-state index contributed by atoms with van der Waals surface area (Å²) in [5, 5.41) is 8.51. The Balaban J connectivity index is 1.17. The quantitative estimate of drug-likeness (QED) is 0.187. The first-order chi connectivity index (χ1) is 25.7. The topological polar surface area (TPSA) is 65.0 Å². The van der Waals surface area contributed by atoms with Gasteiger partial charge in [0, 0.05) is 38.2 Å². The smallest absolute Gasteiger partial charge is 0.164 e. The molecule has 0 aliphatic carbocycles. The molecule has 0 aliphatic rings. The van der Waals surface area contributed by atoms with Gasteiger partial charge in [0.15, 0.2) is 17.5 Å². The van der Waals surface area contributed by atoms with Crippen molar-refractivity contribution in [2.45, 2.75) is 0 Å². The van der Waals surface area contributed by atoms with Crippen molar-refractivity contribution in [1.29, 1.82) is 0 Å². The van der Waals surface area contributed by atoms with Gasteiger partial charge in [-0.1, -0.05) is 121 Å². The Morgan fingerprint density at radius 3 is 1.81 bits per heavy atom. The fraction of sp³-hybridized carbons (Fsp3) is 0. The maximum absolute atomic E-state index is 6.29. The van der Waals surface area contributed by atoms with Crippen molar-refractivity contribution in [2.75, 3.05) is 0 Å². The normalized spacial score (nSPS) is 11.8. The third-order valence-electron chi connectivity index (χ3n) is 10.1. The minimum atomic E-state index is 0.585. The zero-order chi connectivity index (χ0) is 34.2. The van der Waals surface area contributed by atoms with Crippen molar-refractivity contribution in [2.24, 2.45) is 0 Å². The summed E-state index contributed by atoms with van der Waals surface area (Å²) in [5.41, 5.74) is 8.40. The molecule has 0 N–H and O–H groups in total. The third-order valence-corrected chi connectivity index (χ3v) is 10.1. The van der Waals surface area contributed by atoms with Crippen molar-refractivity contribution >= 4 is 65.4 Å². The van der Waals surface area contributed by atoms with E-state index in [2.05, 4.69) is 109 Å². The minimum Gasteiger partial charge on any atom is -0.456 e. The second-order valence-electron chi connectivity index (χ2n) is 13.2. The van der Waals surface area contributed by atoms with E-state index < -0.39 is 0 Å². The lowest BCUT2D eigenvalue weighted by Gasteiger charge is -2.12. The molecule has 0 bridgehead atoms. The highest BCUT2D eigenvalue weighted by molar-refractivity contribution is 6.13. The predicted molar refractivity (Wildman–Crippen MR) is 211 cm³/mol. The van der Waals surface area contributed by atoms with Crippen LogP contribution < -0.4 is 0 Å². The van der Waals surface area contributed by atoms with E-state index in [4.69, 9.17) is 23.8 Å². The number of rotatable bonds is 4. The lowest BCUT2D eigenvalue weighted by molar-refractivity contribution is 0.669. The Morgan fingerprint density at radius 2 is 0.942 bits per heavy atom. The number of aromatic nitrogens is 3. The Hall–Kier alpha value is -7.11. The Labute approximate surface area is 297 Å². The van der Waals surface area contributed by atoms with Gasteiger partial charge in [0.2, 0.25) is 0 Å². The molecule has 0 radical (unpaired) electrons. The molecule has 0 spiro atoms. The van der Waals surface area contributed by atoms with Gasteiger partial charge in [-0.2, -0.15) is 0 Å². The summed E-state index contributed by atoms with van der Waals surface area (Å²) >= 11 is 0. The maximum atomic E-state index is 6.29. The van der Waals surface area contributed by atoms with Crippen LogP contribution in [0.1, 0.15) is 0 Å². The Kier molecular flexibility index (Phi) is 6.18. The summed E-state index contributed by atoms with van der Waals surface area (Å²) in [6, 6.07) is 56.4. The highest BCUT2D eigenvalue weighted by Crippen LogP contribution is 2.39. The van der Waals surface area contributed by atoms with Gasteiger partial charge in [-0.3, -0.25) is 0 Å². The first kappa shape index (κ1) is 28.7. The van der Waals surface area contributed by atoms with Crippen LogP contribution in [0.3, 0.4) is 0 Å². The second-order valence-corrected chi connectivity index (χ2v) is 13.2. The molecule has 0 saturated heterocycles. The van der Waals surface area contributed by atoms with Gasteiger partial charge < -0.3 is 8.83 Å². The first-order valence-corrected chi connectivity index (χ1v) is 17.3. The Morgan fingerprint density at radius 1 is 0.308 bits per heavy atom. The van der Waals surface area contributed by atoms with Crippen LogP contribution in [0, 0.1) is 0 Å². The SMILES string of the molecule is c1ccc(-c2ccc3ccc(-c4nc(-c5cccc6cc7oc8ccccc8c7cc56)nc(-c5cccc6oc7ccccc7c56)n4)cc3c2)cc1. The molecule has 11 rings (SSSR count). The third kappa shape index (κ3) is 4.53. The van der Waals surface area contributed by atoms with E-state index in [-0.39, 0.29) is 0 Å². The number of hydrogen-bond donors (Lipinski definition) is 0. The lowest BCUT2D eigenvalue weighted by atomic mass is 9.99. The molecule has 0 saturated carbocycles. The summed E-state index contributed by atoms with van der Waals surface area (Å²) in [7, 11) is 0. The zero-order valence-electron chi connectivity index (χ0n) is 27.7. The minimum absolute atomic E-state index is 0.585. The average molecular weight is 666 g/mol. The first-order valence-electron chi connectivity index (χ1n) is 17.3. The average Bonchev–Trinajstić information content (AvgIpc) is 3.77. The monoisotopic (exact) mass is 665 g/mol. The molecule has 3 aromatic heterocycles. The maximum Gasteiger partial charge on any atom is 0.164 e. The van der Waals surface area contributed by atoms with Gasteiger partial charge in [0.25, 0.3) is 0 Å². The van der Waals surface area contributed by atoms with E-state index in [1.807, 2.05) is 54.6 Å². The number of fused-ring (bicyclic) bond motifs is 8.